The fraction of sp³-hybridized carbons (Fsp3) is 0.353. The van der Waals surface area contributed by atoms with Crippen LogP contribution in [0.4, 0.5) is 5.13 Å². The summed E-state index contributed by atoms with van der Waals surface area (Å²) in [6.07, 6.45) is 2.07. The molecule has 0 spiro atoms. The number of carboxylic acids is 1. The van der Waals surface area contributed by atoms with E-state index in [0.29, 0.717) is 29.3 Å². The molecule has 0 aliphatic carbocycles. The first-order valence-electron chi connectivity index (χ1n) is 9.45. The Bertz CT molecular complexity index is 1140. The number of carboxylic acid groups (broad SMARTS) is 1. The van der Waals surface area contributed by atoms with E-state index in [4.69, 9.17) is 5.73 Å². The predicted octanol–water partition coefficient (Wildman–Crippen LogP) is -4.25. The molecule has 2 atom stereocenters. The number of carbonyl (C=O) groups is 3. The molecule has 0 unspecified atom stereocenters. The predicted molar refractivity (Wildman–Crippen MR) is 119 cm³/mol. The van der Waals surface area contributed by atoms with Crippen molar-refractivity contribution in [3.8, 4) is 0 Å². The maximum atomic E-state index is 12.7. The number of thiazole rings is 1. The van der Waals surface area contributed by atoms with Crippen molar-refractivity contribution in [3.63, 3.8) is 0 Å². The van der Waals surface area contributed by atoms with Gasteiger partial charge >= 0.3 is 29.6 Å². The van der Waals surface area contributed by atoms with E-state index in [1.807, 2.05) is 0 Å². The number of nitrogens with zero attached hydrogens (tertiary/aromatic N) is 5. The molecule has 17 heteroatoms. The number of amides is 2. The number of oxime groups is 1. The number of hydrogen-bond donors (Lipinski definition) is 4. The Morgan fingerprint density at radius 1 is 1.47 bits per heavy atom. The van der Waals surface area contributed by atoms with E-state index < -0.39 is 34.9 Å². The zero-order valence-electron chi connectivity index (χ0n) is 17.8. The van der Waals surface area contributed by atoms with Crippen LogP contribution in [0, 0.1) is 0 Å². The van der Waals surface area contributed by atoms with Crippen LogP contribution in [0.25, 0.3) is 0 Å². The number of nitrogens with one attached hydrogen (secondary N) is 2. The number of β-lactam (4-membered cyclic amide) rings is 1. The van der Waals surface area contributed by atoms with Gasteiger partial charge in [-0.05, 0) is 17.7 Å². The average Bonchev–Trinajstić information content (AvgIpc) is 3.46. The van der Waals surface area contributed by atoms with Gasteiger partial charge in [0.2, 0.25) is 0 Å². The van der Waals surface area contributed by atoms with Gasteiger partial charge < -0.3 is 26.2 Å². The van der Waals surface area contributed by atoms with Crippen molar-refractivity contribution in [2.75, 3.05) is 17.2 Å². The summed E-state index contributed by atoms with van der Waals surface area (Å²) in [5.74, 6) is -1.22. The van der Waals surface area contributed by atoms with Crippen LogP contribution < -0.4 is 45.7 Å². The van der Waals surface area contributed by atoms with Crippen molar-refractivity contribution in [2.45, 2.75) is 23.6 Å². The fourth-order valence-electron chi connectivity index (χ4n) is 3.35. The number of thioether (sulfide) groups is 2. The molecule has 0 bridgehead atoms. The monoisotopic (exact) mass is 532 g/mol. The number of nitrogen functional groups attached to an aromatic ring is 1. The van der Waals surface area contributed by atoms with Crippen LogP contribution in [0.15, 0.2) is 28.0 Å². The number of aliphatic carboxylic acids is 1. The summed E-state index contributed by atoms with van der Waals surface area (Å²) in [7, 11) is 0. The molecule has 4 heterocycles. The first-order valence-corrected chi connectivity index (χ1v) is 12.5. The van der Waals surface area contributed by atoms with Crippen LogP contribution in [-0.4, -0.2) is 76.9 Å². The molecule has 0 aromatic carbocycles. The van der Waals surface area contributed by atoms with Crippen LogP contribution in [0.3, 0.4) is 0 Å². The Morgan fingerprint density at radius 2 is 2.26 bits per heavy atom. The smallest absolute Gasteiger partial charge is 0.543 e. The van der Waals surface area contributed by atoms with E-state index in [1.54, 1.807) is 18.0 Å². The van der Waals surface area contributed by atoms with E-state index in [1.165, 1.54) is 17.1 Å². The van der Waals surface area contributed by atoms with E-state index in [9.17, 15) is 24.7 Å². The molecule has 4 rings (SSSR count). The molecular weight excluding hydrogens is 515 g/mol. The number of fused-ring (bicyclic) bond motifs is 1. The standard InChI is InChI=1S/C17H18N8O5S3.Na/c18-17-20-9(6-33-17)10(23-30)13(26)21-11-14(27)25-12(16(28)29)7(4-32-15(11)25)1-2-31-5-8-3-19-24-22-8;/h3,6,11,15,30H,1-2,4-5H2,(H2,18,20)(H,21,26)(H,28,29)(H,19,22,24);/q;+1/p-1/b23-10-;/t11-,15-;/m1./s1. The number of rotatable bonds is 9. The molecule has 2 aliphatic heterocycles. The summed E-state index contributed by atoms with van der Waals surface area (Å²) < 4.78 is 0. The molecule has 13 nitrogen and oxygen atoms in total. The van der Waals surface area contributed by atoms with Crippen molar-refractivity contribution >= 4 is 63.5 Å². The quantitative estimate of drug-likeness (QED) is 0.0608. The Kier molecular flexibility index (Phi) is 9.00. The number of nitrogens with two attached hydrogens (primary N) is 1. The number of aromatic nitrogens is 4. The van der Waals surface area contributed by atoms with Crippen LogP contribution >= 0.6 is 34.9 Å². The Labute approximate surface area is 227 Å². The van der Waals surface area contributed by atoms with E-state index in [0.717, 1.165) is 21.9 Å². The Morgan fingerprint density at radius 3 is 2.88 bits per heavy atom. The summed E-state index contributed by atoms with van der Waals surface area (Å²) >= 11 is 3.96. The van der Waals surface area contributed by atoms with Crippen molar-refractivity contribution in [1.82, 2.24) is 30.6 Å². The van der Waals surface area contributed by atoms with Gasteiger partial charge in [0.25, 0.3) is 11.8 Å². The molecule has 2 aromatic rings. The van der Waals surface area contributed by atoms with Crippen molar-refractivity contribution in [1.29, 1.82) is 0 Å². The fourth-order valence-corrected chi connectivity index (χ4v) is 6.17. The Balaban J connectivity index is 0.00000324. The van der Waals surface area contributed by atoms with Gasteiger partial charge in [-0.2, -0.15) is 27.2 Å². The van der Waals surface area contributed by atoms with Gasteiger partial charge in [0.15, 0.2) is 10.8 Å². The molecule has 1 fully saturated rings. The summed E-state index contributed by atoms with van der Waals surface area (Å²) in [6, 6.07) is -0.979. The van der Waals surface area contributed by atoms with E-state index >= 15 is 0 Å². The van der Waals surface area contributed by atoms with Crippen molar-refractivity contribution in [2.24, 2.45) is 5.16 Å². The van der Waals surface area contributed by atoms with Gasteiger partial charge in [-0.3, -0.25) is 14.5 Å². The zero-order chi connectivity index (χ0) is 23.5. The third-order valence-corrected chi connectivity index (χ3v) is 7.88. The number of anilines is 1. The second-order valence-corrected chi connectivity index (χ2v) is 9.98. The van der Waals surface area contributed by atoms with Crippen LogP contribution in [0.2, 0.25) is 0 Å². The van der Waals surface area contributed by atoms with Gasteiger partial charge in [-0.25, -0.2) is 4.98 Å². The molecule has 2 amide bonds. The van der Waals surface area contributed by atoms with Gasteiger partial charge in [-0.15, -0.1) is 23.1 Å². The molecule has 174 valence electrons. The summed E-state index contributed by atoms with van der Waals surface area (Å²) in [6.45, 7) is 0. The van der Waals surface area contributed by atoms with E-state index in [-0.39, 0.29) is 46.1 Å². The summed E-state index contributed by atoms with van der Waals surface area (Å²) in [5, 5.41) is 37.7. The minimum absolute atomic E-state index is 0. The molecular formula is C17H17N8NaO5S3. The van der Waals surface area contributed by atoms with Crippen LogP contribution in [-0.2, 0) is 20.1 Å². The normalized spacial score (nSPS) is 19.8. The molecule has 0 radical (unpaired) electrons. The summed E-state index contributed by atoms with van der Waals surface area (Å²) in [5.41, 5.74) is 6.45. The second kappa shape index (κ2) is 11.5. The van der Waals surface area contributed by atoms with Gasteiger partial charge in [0, 0.05) is 16.9 Å². The largest absolute Gasteiger partial charge is 1.00 e. The van der Waals surface area contributed by atoms with Crippen molar-refractivity contribution in [3.05, 3.63) is 34.2 Å². The SMILES string of the molecule is Nc1nc(/C(=N/O)C(=O)N[C@@H]2C(=O)N3C(C(=O)[O-])=C(CCSCc4cn[nH]n4)CS[C@H]23)cs1.[Na+]. The minimum atomic E-state index is -1.44. The number of hydrogen-bond acceptors (Lipinski definition) is 13. The molecule has 5 N–H and O–H groups in total. The van der Waals surface area contributed by atoms with Crippen molar-refractivity contribution < 1.29 is 54.3 Å². The summed E-state index contributed by atoms with van der Waals surface area (Å²) in [4.78, 5) is 42.2. The first kappa shape index (κ1) is 26.5. The third-order valence-electron chi connectivity index (χ3n) is 4.87. The second-order valence-electron chi connectivity index (χ2n) is 6.88. The maximum absolute atomic E-state index is 12.7. The van der Waals surface area contributed by atoms with Gasteiger partial charge in [0.1, 0.15) is 17.1 Å². The molecule has 2 aliphatic rings. The Hall–Kier alpha value is -2.11. The topological polar surface area (TPSA) is 203 Å². The number of aromatic amines is 1. The third kappa shape index (κ3) is 5.41. The van der Waals surface area contributed by atoms with Crippen LogP contribution in [0.1, 0.15) is 17.8 Å². The van der Waals surface area contributed by atoms with Gasteiger partial charge in [-0.1, -0.05) is 5.16 Å². The van der Waals surface area contributed by atoms with Crippen LogP contribution in [0.5, 0.6) is 0 Å². The average molecular weight is 533 g/mol. The van der Waals surface area contributed by atoms with E-state index in [2.05, 4.69) is 30.9 Å². The molecule has 1 saturated heterocycles. The first-order chi connectivity index (χ1) is 15.9. The van der Waals surface area contributed by atoms with Gasteiger partial charge in [0.05, 0.1) is 23.6 Å². The minimum Gasteiger partial charge on any atom is -0.543 e. The molecule has 34 heavy (non-hydrogen) atoms. The number of carbonyl (C=O) groups excluding carboxylic acids is 3. The molecule has 0 saturated carbocycles. The number of H-pyrrole nitrogens is 1. The molecule has 2 aromatic heterocycles. The zero-order valence-corrected chi connectivity index (χ0v) is 22.2. The maximum Gasteiger partial charge on any atom is 1.00 e.